The lowest BCUT2D eigenvalue weighted by Crippen LogP contribution is -2.00. The van der Waals surface area contributed by atoms with Crippen LogP contribution in [0.3, 0.4) is 0 Å². The lowest BCUT2D eigenvalue weighted by molar-refractivity contribution is 0.384. The summed E-state index contributed by atoms with van der Waals surface area (Å²) in [5.74, 6) is 1.05. The summed E-state index contributed by atoms with van der Waals surface area (Å²) in [6.45, 7) is 0.704. The Hall–Kier alpha value is -2.02. The molecule has 0 spiro atoms. The molecular formula is C15H10O. The van der Waals surface area contributed by atoms with E-state index in [2.05, 4.69) is 48.6 Å². The fraction of sp³-hybridized carbons (Fsp3) is 0.0667. The Morgan fingerprint density at radius 1 is 0.875 bits per heavy atom. The first-order valence-electron chi connectivity index (χ1n) is 5.51. The number of hydrogen-bond donors (Lipinski definition) is 0. The molecule has 2 aromatic carbocycles. The van der Waals surface area contributed by atoms with Gasteiger partial charge in [-0.2, -0.15) is 0 Å². The average Bonchev–Trinajstić information content (AvgIpc) is 2.92. The predicted molar refractivity (Wildman–Crippen MR) is 63.3 cm³/mol. The Morgan fingerprint density at radius 2 is 1.81 bits per heavy atom. The van der Waals surface area contributed by atoms with Crippen LogP contribution < -0.4 is 15.2 Å². The van der Waals surface area contributed by atoms with Crippen molar-refractivity contribution in [3.63, 3.8) is 0 Å². The minimum atomic E-state index is 0.704. The van der Waals surface area contributed by atoms with Gasteiger partial charge in [0.15, 0.2) is 0 Å². The third-order valence-corrected chi connectivity index (χ3v) is 3.31. The maximum atomic E-state index is 5.69. The Labute approximate surface area is 92.6 Å². The number of ether oxygens (including phenoxy) is 1. The largest absolute Gasteiger partial charge is 0.488 e. The lowest BCUT2D eigenvalue weighted by atomic mass is 10.1. The maximum absolute atomic E-state index is 5.69. The molecule has 1 aliphatic carbocycles. The quantitative estimate of drug-likeness (QED) is 0.538. The summed E-state index contributed by atoms with van der Waals surface area (Å²) in [5, 5.41) is 5.13. The van der Waals surface area contributed by atoms with Gasteiger partial charge in [-0.25, -0.2) is 0 Å². The molecule has 76 valence electrons. The van der Waals surface area contributed by atoms with Crippen LogP contribution in [0.4, 0.5) is 0 Å². The highest BCUT2D eigenvalue weighted by Crippen LogP contribution is 2.21. The van der Waals surface area contributed by atoms with Crippen LogP contribution in [0.5, 0.6) is 5.75 Å². The fourth-order valence-electron chi connectivity index (χ4n) is 2.55. The summed E-state index contributed by atoms with van der Waals surface area (Å²) in [4.78, 5) is 0. The monoisotopic (exact) mass is 206 g/mol. The Morgan fingerprint density at radius 3 is 2.81 bits per heavy atom. The van der Waals surface area contributed by atoms with E-state index in [1.807, 2.05) is 0 Å². The second-order valence-corrected chi connectivity index (χ2v) is 4.19. The molecule has 1 heterocycles. The first-order valence-corrected chi connectivity index (χ1v) is 5.51. The van der Waals surface area contributed by atoms with E-state index in [9.17, 15) is 0 Å². The van der Waals surface area contributed by atoms with Gasteiger partial charge in [-0.1, -0.05) is 36.4 Å². The van der Waals surface area contributed by atoms with Crippen LogP contribution in [0.15, 0.2) is 36.4 Å². The molecule has 1 aliphatic heterocycles. The van der Waals surface area contributed by atoms with Gasteiger partial charge in [0, 0.05) is 10.8 Å². The molecule has 2 aromatic rings. The van der Waals surface area contributed by atoms with Crippen LogP contribution in [0, 0.1) is 10.4 Å². The first-order chi connectivity index (χ1) is 7.93. The van der Waals surface area contributed by atoms with Crippen molar-refractivity contribution in [3.05, 3.63) is 62.8 Å². The smallest absolute Gasteiger partial charge is 0.134 e. The normalized spacial score (nSPS) is 14.2. The molecule has 0 aromatic heterocycles. The van der Waals surface area contributed by atoms with Crippen LogP contribution in [-0.4, -0.2) is 6.61 Å². The zero-order valence-corrected chi connectivity index (χ0v) is 8.73. The summed E-state index contributed by atoms with van der Waals surface area (Å²) in [6.07, 6.45) is 4.36. The van der Waals surface area contributed by atoms with Crippen molar-refractivity contribution in [2.45, 2.75) is 0 Å². The zero-order valence-electron chi connectivity index (χ0n) is 8.73. The highest BCUT2D eigenvalue weighted by Gasteiger charge is 2.12. The highest BCUT2D eigenvalue weighted by molar-refractivity contribution is 5.64. The van der Waals surface area contributed by atoms with Gasteiger partial charge in [0.1, 0.15) is 12.4 Å². The Bertz CT molecular complexity index is 800. The van der Waals surface area contributed by atoms with Gasteiger partial charge in [0.2, 0.25) is 0 Å². The first kappa shape index (κ1) is 8.17. The molecule has 16 heavy (non-hydrogen) atoms. The molecule has 0 bridgehead atoms. The molecule has 0 radical (unpaired) electrons. The van der Waals surface area contributed by atoms with Gasteiger partial charge in [-0.3, -0.25) is 0 Å². The summed E-state index contributed by atoms with van der Waals surface area (Å²) < 4.78 is 5.69. The van der Waals surface area contributed by atoms with Gasteiger partial charge in [0.05, 0.1) is 0 Å². The zero-order chi connectivity index (χ0) is 10.5. The highest BCUT2D eigenvalue weighted by atomic mass is 16.5. The number of hydrogen-bond acceptors (Lipinski definition) is 1. The fourth-order valence-corrected chi connectivity index (χ4v) is 2.55. The van der Waals surface area contributed by atoms with Crippen LogP contribution in [0.1, 0.15) is 5.56 Å². The van der Waals surface area contributed by atoms with Crippen molar-refractivity contribution in [2.75, 3.05) is 6.61 Å². The minimum Gasteiger partial charge on any atom is -0.488 e. The number of rotatable bonds is 0. The molecule has 0 amide bonds. The summed E-state index contributed by atoms with van der Waals surface area (Å²) >= 11 is 0. The van der Waals surface area contributed by atoms with Gasteiger partial charge in [-0.15, -0.1) is 0 Å². The van der Waals surface area contributed by atoms with Crippen LogP contribution in [0.2, 0.25) is 0 Å². The topological polar surface area (TPSA) is 9.23 Å². The summed E-state index contributed by atoms with van der Waals surface area (Å²) in [5.41, 5.74) is 1.24. The third-order valence-electron chi connectivity index (χ3n) is 3.31. The summed E-state index contributed by atoms with van der Waals surface area (Å²) in [7, 11) is 0. The van der Waals surface area contributed by atoms with E-state index in [0.29, 0.717) is 6.61 Å². The number of benzene rings is 2. The molecule has 0 unspecified atom stereocenters. The van der Waals surface area contributed by atoms with E-state index in [0.717, 1.165) is 5.75 Å². The van der Waals surface area contributed by atoms with Crippen molar-refractivity contribution in [3.8, 4) is 5.75 Å². The molecule has 1 nitrogen and oxygen atoms in total. The van der Waals surface area contributed by atoms with Gasteiger partial charge >= 0.3 is 0 Å². The molecule has 0 saturated carbocycles. The third kappa shape index (κ3) is 0.904. The van der Waals surface area contributed by atoms with Gasteiger partial charge < -0.3 is 4.74 Å². The van der Waals surface area contributed by atoms with E-state index in [4.69, 9.17) is 4.74 Å². The van der Waals surface area contributed by atoms with Crippen molar-refractivity contribution in [1.29, 1.82) is 0 Å². The molecule has 0 N–H and O–H groups in total. The molecule has 0 fully saturated rings. The lowest BCUT2D eigenvalue weighted by Gasteiger charge is -2.01. The van der Waals surface area contributed by atoms with E-state index in [1.54, 1.807) is 0 Å². The van der Waals surface area contributed by atoms with Crippen molar-refractivity contribution in [1.82, 2.24) is 0 Å². The molecule has 4 rings (SSSR count). The predicted octanol–water partition coefficient (Wildman–Crippen LogP) is 1.29. The van der Waals surface area contributed by atoms with Crippen molar-refractivity contribution < 1.29 is 4.74 Å². The molecule has 0 saturated heterocycles. The van der Waals surface area contributed by atoms with Crippen LogP contribution in [0.25, 0.3) is 12.2 Å². The molecule has 0 atom stereocenters. The number of fused-ring (bicyclic) bond motifs is 4. The second-order valence-electron chi connectivity index (χ2n) is 4.19. The van der Waals surface area contributed by atoms with E-state index in [1.165, 1.54) is 26.4 Å². The average molecular weight is 206 g/mol. The molecule has 1 heteroatoms. The second kappa shape index (κ2) is 2.76. The van der Waals surface area contributed by atoms with Crippen LogP contribution in [-0.2, 0) is 0 Å². The van der Waals surface area contributed by atoms with E-state index < -0.39 is 0 Å². The SMILES string of the molecule is C1=c2ccc3c(c2OC1)C=c1ccccc1=3. The minimum absolute atomic E-state index is 0.704. The van der Waals surface area contributed by atoms with E-state index in [-0.39, 0.29) is 0 Å². The molecule has 2 aliphatic rings. The Kier molecular flexibility index (Phi) is 1.41. The van der Waals surface area contributed by atoms with Crippen LogP contribution >= 0.6 is 0 Å². The van der Waals surface area contributed by atoms with Gasteiger partial charge in [-0.05, 0) is 27.8 Å². The Balaban J connectivity index is 2.31. The van der Waals surface area contributed by atoms with Gasteiger partial charge in [0.25, 0.3) is 0 Å². The molecular weight excluding hydrogens is 196 g/mol. The summed E-state index contributed by atoms with van der Waals surface area (Å²) in [6, 6.07) is 12.8. The van der Waals surface area contributed by atoms with E-state index >= 15 is 0 Å². The van der Waals surface area contributed by atoms with Crippen molar-refractivity contribution >= 4 is 12.2 Å². The standard InChI is InChI=1S/C15H10O/c1-2-4-12-11(3-1)9-14-13(12)6-5-10-7-8-16-15(10)14/h1-7,9H,8H2. The maximum Gasteiger partial charge on any atom is 0.134 e. The van der Waals surface area contributed by atoms with Crippen molar-refractivity contribution in [2.24, 2.45) is 0 Å².